The van der Waals surface area contributed by atoms with Gasteiger partial charge in [0, 0.05) is 18.8 Å². The Morgan fingerprint density at radius 1 is 1.18 bits per heavy atom. The van der Waals surface area contributed by atoms with E-state index >= 15 is 0 Å². The third-order valence-electron chi connectivity index (χ3n) is 9.77. The Labute approximate surface area is 170 Å². The van der Waals surface area contributed by atoms with Gasteiger partial charge in [0.15, 0.2) is 0 Å². The zero-order valence-corrected chi connectivity index (χ0v) is 18.2. The third-order valence-corrected chi connectivity index (χ3v) is 9.77. The topological polar surface area (TPSA) is 43.4 Å². The van der Waals surface area contributed by atoms with E-state index in [1.54, 1.807) is 0 Å². The molecule has 3 heteroatoms. The lowest BCUT2D eigenvalue weighted by molar-refractivity contribution is -0.151. The van der Waals surface area contributed by atoms with Crippen LogP contribution in [0.2, 0.25) is 0 Å². The van der Waals surface area contributed by atoms with Gasteiger partial charge in [-0.15, -0.1) is 0 Å². The molecule has 28 heavy (non-hydrogen) atoms. The van der Waals surface area contributed by atoms with Crippen molar-refractivity contribution < 1.29 is 14.3 Å². The van der Waals surface area contributed by atoms with Crippen LogP contribution in [0.25, 0.3) is 0 Å². The van der Waals surface area contributed by atoms with Gasteiger partial charge in [-0.1, -0.05) is 32.9 Å². The lowest BCUT2D eigenvalue weighted by atomic mass is 9.45. The molecule has 0 spiro atoms. The molecule has 0 aliphatic heterocycles. The minimum absolute atomic E-state index is 0.0953. The first-order chi connectivity index (χ1) is 13.3. The summed E-state index contributed by atoms with van der Waals surface area (Å²) in [6.07, 6.45) is 14.2. The molecule has 3 saturated carbocycles. The van der Waals surface area contributed by atoms with Crippen molar-refractivity contribution in [1.29, 1.82) is 0 Å². The number of Topliss-reactive ketones (excluding diaryl/α,β-unsaturated/α-hetero) is 1. The number of esters is 1. The molecule has 0 amide bonds. The number of carbonyl (C=O) groups is 2. The number of methoxy groups -OCH3 is 1. The van der Waals surface area contributed by atoms with E-state index in [4.69, 9.17) is 4.74 Å². The van der Waals surface area contributed by atoms with E-state index < -0.39 is 0 Å². The van der Waals surface area contributed by atoms with Crippen LogP contribution in [0, 0.1) is 46.3 Å². The van der Waals surface area contributed by atoms with Gasteiger partial charge in [0.2, 0.25) is 0 Å². The fourth-order valence-electron chi connectivity index (χ4n) is 8.13. The zero-order chi connectivity index (χ0) is 20.1. The summed E-state index contributed by atoms with van der Waals surface area (Å²) in [5.41, 5.74) is 0.587. The molecule has 0 aromatic rings. The van der Waals surface area contributed by atoms with Crippen molar-refractivity contribution in [3.63, 3.8) is 0 Å². The first kappa shape index (κ1) is 20.2. The highest BCUT2D eigenvalue weighted by molar-refractivity contribution is 5.83. The molecule has 3 unspecified atom stereocenters. The van der Waals surface area contributed by atoms with E-state index in [0.717, 1.165) is 12.8 Å². The Hall–Kier alpha value is -1.12. The Morgan fingerprint density at radius 3 is 2.68 bits per heavy atom. The van der Waals surface area contributed by atoms with E-state index in [9.17, 15) is 9.59 Å². The van der Waals surface area contributed by atoms with Gasteiger partial charge in [0.25, 0.3) is 0 Å². The maximum absolute atomic E-state index is 13.3. The SMILES string of the molecule is COC(=O)CC[C@@H](C)[C@H]1CCC2C3C(=O)C[C@@H]4C=CCC[C@]4(C)C3CC[C@@]21C. The molecule has 8 atom stereocenters. The second kappa shape index (κ2) is 7.29. The number of ether oxygens (including phenoxy) is 1. The highest BCUT2D eigenvalue weighted by atomic mass is 16.5. The molecule has 0 radical (unpaired) electrons. The predicted octanol–water partition coefficient (Wildman–Crippen LogP) is 5.58. The number of ketones is 1. The maximum Gasteiger partial charge on any atom is 0.305 e. The molecule has 3 nitrogen and oxygen atoms in total. The first-order valence-corrected chi connectivity index (χ1v) is 11.6. The largest absolute Gasteiger partial charge is 0.469 e. The van der Waals surface area contributed by atoms with Crippen LogP contribution in [0.3, 0.4) is 0 Å². The summed E-state index contributed by atoms with van der Waals surface area (Å²) in [5.74, 6) is 3.48. The summed E-state index contributed by atoms with van der Waals surface area (Å²) in [5, 5.41) is 0. The Kier molecular flexibility index (Phi) is 5.25. The van der Waals surface area contributed by atoms with E-state index in [-0.39, 0.29) is 17.3 Å². The van der Waals surface area contributed by atoms with Crippen molar-refractivity contribution in [2.45, 2.75) is 78.6 Å². The van der Waals surface area contributed by atoms with E-state index in [1.165, 1.54) is 45.6 Å². The molecule has 0 saturated heterocycles. The van der Waals surface area contributed by atoms with Crippen LogP contribution in [0.15, 0.2) is 12.2 Å². The minimum atomic E-state index is -0.0953. The Bertz CT molecular complexity index is 667. The molecule has 0 N–H and O–H groups in total. The second-order valence-corrected chi connectivity index (χ2v) is 10.8. The summed E-state index contributed by atoms with van der Waals surface area (Å²) in [6.45, 7) is 7.28. The normalized spacial score (nSPS) is 45.7. The van der Waals surface area contributed by atoms with Gasteiger partial charge in [-0.2, -0.15) is 0 Å². The van der Waals surface area contributed by atoms with Crippen LogP contribution >= 0.6 is 0 Å². The maximum atomic E-state index is 13.3. The summed E-state index contributed by atoms with van der Waals surface area (Å²) in [7, 11) is 1.48. The van der Waals surface area contributed by atoms with Crippen LogP contribution in [0.1, 0.15) is 78.6 Å². The molecule has 4 aliphatic carbocycles. The van der Waals surface area contributed by atoms with Crippen molar-refractivity contribution in [3.05, 3.63) is 12.2 Å². The zero-order valence-electron chi connectivity index (χ0n) is 18.2. The number of allylic oxidation sites excluding steroid dienone is 2. The Morgan fingerprint density at radius 2 is 1.93 bits per heavy atom. The summed E-state index contributed by atoms with van der Waals surface area (Å²) in [6, 6.07) is 0. The molecule has 4 aliphatic rings. The van der Waals surface area contributed by atoms with Crippen LogP contribution < -0.4 is 0 Å². The van der Waals surface area contributed by atoms with Crippen molar-refractivity contribution in [2.75, 3.05) is 7.11 Å². The van der Waals surface area contributed by atoms with Gasteiger partial charge in [0.1, 0.15) is 5.78 Å². The Balaban J connectivity index is 1.55. The quantitative estimate of drug-likeness (QED) is 0.468. The number of hydrogen-bond donors (Lipinski definition) is 0. The highest BCUT2D eigenvalue weighted by Gasteiger charge is 2.62. The van der Waals surface area contributed by atoms with Crippen LogP contribution in [0.4, 0.5) is 0 Å². The van der Waals surface area contributed by atoms with Crippen molar-refractivity contribution in [3.8, 4) is 0 Å². The molecule has 3 fully saturated rings. The summed E-state index contributed by atoms with van der Waals surface area (Å²) >= 11 is 0. The monoisotopic (exact) mass is 386 g/mol. The standard InChI is InChI=1S/C25H38O3/c1-16(8-11-22(27)28-4)18-9-10-19-23-20(12-14-25(18,19)3)24(2)13-6-5-7-17(24)15-21(23)26/h5,7,16-20,23H,6,8-15H2,1-4H3/t16-,17+,18-,19?,20?,23?,24+,25-/m1/s1. The van der Waals surface area contributed by atoms with Crippen molar-refractivity contribution in [2.24, 2.45) is 46.3 Å². The van der Waals surface area contributed by atoms with Crippen LogP contribution in [-0.4, -0.2) is 18.9 Å². The van der Waals surface area contributed by atoms with Crippen LogP contribution in [-0.2, 0) is 14.3 Å². The number of fused-ring (bicyclic) bond motifs is 5. The molecule has 0 aromatic carbocycles. The number of carbonyl (C=O) groups excluding carboxylic acids is 2. The number of rotatable bonds is 4. The van der Waals surface area contributed by atoms with Gasteiger partial charge in [-0.05, 0) is 85.4 Å². The molecule has 0 bridgehead atoms. The van der Waals surface area contributed by atoms with Gasteiger partial charge in [-0.3, -0.25) is 9.59 Å². The van der Waals surface area contributed by atoms with Gasteiger partial charge < -0.3 is 4.74 Å². The predicted molar refractivity (Wildman–Crippen MR) is 111 cm³/mol. The fraction of sp³-hybridized carbons (Fsp3) is 0.840. The molecule has 0 aromatic heterocycles. The van der Waals surface area contributed by atoms with Crippen molar-refractivity contribution >= 4 is 11.8 Å². The first-order valence-electron chi connectivity index (χ1n) is 11.6. The lowest BCUT2D eigenvalue weighted by Crippen LogP contribution is -2.55. The number of hydrogen-bond acceptors (Lipinski definition) is 3. The summed E-state index contributed by atoms with van der Waals surface area (Å²) < 4.78 is 4.85. The third kappa shape index (κ3) is 2.99. The molecule has 0 heterocycles. The smallest absolute Gasteiger partial charge is 0.305 e. The average Bonchev–Trinajstić information content (AvgIpc) is 3.03. The molecule has 156 valence electrons. The molecule has 4 rings (SSSR count). The van der Waals surface area contributed by atoms with Crippen LogP contribution in [0.5, 0.6) is 0 Å². The molecular formula is C25H38O3. The highest BCUT2D eigenvalue weighted by Crippen LogP contribution is 2.67. The van der Waals surface area contributed by atoms with E-state index in [1.807, 2.05) is 0 Å². The van der Waals surface area contributed by atoms with E-state index in [2.05, 4.69) is 32.9 Å². The fourth-order valence-corrected chi connectivity index (χ4v) is 8.13. The average molecular weight is 387 g/mol. The van der Waals surface area contributed by atoms with Gasteiger partial charge >= 0.3 is 5.97 Å². The lowest BCUT2D eigenvalue weighted by Gasteiger charge is -2.59. The molecular weight excluding hydrogens is 348 g/mol. The van der Waals surface area contributed by atoms with Gasteiger partial charge in [0.05, 0.1) is 7.11 Å². The summed E-state index contributed by atoms with van der Waals surface area (Å²) in [4.78, 5) is 25.0. The van der Waals surface area contributed by atoms with Crippen molar-refractivity contribution in [1.82, 2.24) is 0 Å². The van der Waals surface area contributed by atoms with E-state index in [0.29, 0.717) is 47.2 Å². The minimum Gasteiger partial charge on any atom is -0.469 e. The second-order valence-electron chi connectivity index (χ2n) is 10.8. The van der Waals surface area contributed by atoms with Gasteiger partial charge in [-0.25, -0.2) is 0 Å².